The predicted molar refractivity (Wildman–Crippen MR) is 109 cm³/mol. The molecule has 2 aromatic rings. The van der Waals surface area contributed by atoms with Gasteiger partial charge in [-0.2, -0.15) is 0 Å². The predicted octanol–water partition coefficient (Wildman–Crippen LogP) is 4.11. The van der Waals surface area contributed by atoms with E-state index in [1.165, 1.54) is 17.3 Å². The van der Waals surface area contributed by atoms with Crippen molar-refractivity contribution in [1.82, 2.24) is 4.90 Å². The highest BCUT2D eigenvalue weighted by Gasteiger charge is 2.34. The number of likely N-dealkylation sites (tertiary alicyclic amines) is 1. The number of nitrogens with zero attached hydrogens (tertiary/aromatic N) is 1. The van der Waals surface area contributed by atoms with Gasteiger partial charge in [0.15, 0.2) is 0 Å². The lowest BCUT2D eigenvalue weighted by Crippen LogP contribution is -2.40. The first-order valence-electron chi connectivity index (χ1n) is 9.60. The van der Waals surface area contributed by atoms with Gasteiger partial charge in [-0.15, -0.1) is 11.8 Å². The fourth-order valence-corrected chi connectivity index (χ4v) is 5.05. The van der Waals surface area contributed by atoms with Gasteiger partial charge in [0.25, 0.3) is 0 Å². The van der Waals surface area contributed by atoms with Crippen LogP contribution in [0.1, 0.15) is 31.2 Å². The van der Waals surface area contributed by atoms with E-state index in [2.05, 4.69) is 29.6 Å². The van der Waals surface area contributed by atoms with E-state index in [0.29, 0.717) is 6.04 Å². The van der Waals surface area contributed by atoms with Crippen molar-refractivity contribution >= 4 is 29.3 Å². The van der Waals surface area contributed by atoms with Crippen molar-refractivity contribution in [1.29, 1.82) is 0 Å². The number of hydrogen-bond donors (Lipinski definition) is 1. The van der Waals surface area contributed by atoms with Gasteiger partial charge in [0.1, 0.15) is 0 Å². The first-order valence-corrected chi connectivity index (χ1v) is 10.5. The lowest BCUT2D eigenvalue weighted by Gasteiger charge is -2.28. The molecule has 1 N–H and O–H groups in total. The summed E-state index contributed by atoms with van der Waals surface area (Å²) in [5, 5.41) is 2.59. The minimum absolute atomic E-state index is 0.0629. The average molecular weight is 381 g/mol. The standard InChI is InChI=1S/C22H24N2O2S/c25-21(15-20-22(26)23-18-10-4-5-11-19(18)27-20)24-14-6-9-17(24)13-12-16-7-2-1-3-8-16/h1-5,7-8,10-11,17,20H,6,9,12-15H2,(H,23,26). The largest absolute Gasteiger partial charge is 0.340 e. The van der Waals surface area contributed by atoms with Crippen LogP contribution >= 0.6 is 11.8 Å². The maximum absolute atomic E-state index is 12.9. The quantitative estimate of drug-likeness (QED) is 0.849. The van der Waals surface area contributed by atoms with Crippen LogP contribution in [0.4, 0.5) is 5.69 Å². The summed E-state index contributed by atoms with van der Waals surface area (Å²) in [7, 11) is 0. The highest BCUT2D eigenvalue weighted by molar-refractivity contribution is 8.01. The van der Waals surface area contributed by atoms with E-state index in [9.17, 15) is 9.59 Å². The Morgan fingerprint density at radius 2 is 1.89 bits per heavy atom. The number of carbonyl (C=O) groups excluding carboxylic acids is 2. The van der Waals surface area contributed by atoms with Crippen LogP contribution in [-0.4, -0.2) is 34.6 Å². The summed E-state index contributed by atoms with van der Waals surface area (Å²) in [5.74, 6) is 0.0460. The number of thioether (sulfide) groups is 1. The smallest absolute Gasteiger partial charge is 0.238 e. The van der Waals surface area contributed by atoms with Crippen molar-refractivity contribution in [2.45, 2.75) is 48.3 Å². The van der Waals surface area contributed by atoms with Crippen LogP contribution in [0.5, 0.6) is 0 Å². The molecular weight excluding hydrogens is 356 g/mol. The van der Waals surface area contributed by atoms with Gasteiger partial charge in [0.2, 0.25) is 11.8 Å². The highest BCUT2D eigenvalue weighted by Crippen LogP contribution is 2.37. The van der Waals surface area contributed by atoms with Gasteiger partial charge in [-0.1, -0.05) is 42.5 Å². The van der Waals surface area contributed by atoms with Crippen LogP contribution in [-0.2, 0) is 16.0 Å². The Hall–Kier alpha value is -2.27. The summed E-state index contributed by atoms with van der Waals surface area (Å²) >= 11 is 1.50. The molecule has 0 spiro atoms. The summed E-state index contributed by atoms with van der Waals surface area (Å²) in [5.41, 5.74) is 2.16. The Labute approximate surface area is 164 Å². The fraction of sp³-hybridized carbons (Fsp3) is 0.364. The van der Waals surface area contributed by atoms with E-state index in [1.807, 2.05) is 35.2 Å². The number of hydrogen-bond acceptors (Lipinski definition) is 3. The van der Waals surface area contributed by atoms with Crippen LogP contribution in [0, 0.1) is 0 Å². The summed E-state index contributed by atoms with van der Waals surface area (Å²) < 4.78 is 0. The number of nitrogens with one attached hydrogen (secondary N) is 1. The second kappa shape index (κ2) is 8.17. The molecule has 0 aliphatic carbocycles. The number of para-hydroxylation sites is 1. The topological polar surface area (TPSA) is 49.4 Å². The number of aryl methyl sites for hydroxylation is 1. The number of benzene rings is 2. The van der Waals surface area contributed by atoms with Crippen LogP contribution < -0.4 is 5.32 Å². The molecule has 2 aliphatic heterocycles. The second-order valence-electron chi connectivity index (χ2n) is 7.20. The average Bonchev–Trinajstić information content (AvgIpc) is 3.16. The molecule has 2 aromatic carbocycles. The molecule has 0 saturated carbocycles. The van der Waals surface area contributed by atoms with Crippen molar-refractivity contribution in [3.8, 4) is 0 Å². The lowest BCUT2D eigenvalue weighted by atomic mass is 10.0. The molecule has 2 amide bonds. The van der Waals surface area contributed by atoms with Crippen LogP contribution in [0.2, 0.25) is 0 Å². The van der Waals surface area contributed by atoms with Gasteiger partial charge in [-0.25, -0.2) is 0 Å². The Morgan fingerprint density at radius 3 is 2.74 bits per heavy atom. The third-order valence-electron chi connectivity index (χ3n) is 5.37. The van der Waals surface area contributed by atoms with E-state index < -0.39 is 0 Å². The van der Waals surface area contributed by atoms with Crippen molar-refractivity contribution in [3.05, 3.63) is 60.2 Å². The molecule has 140 valence electrons. The van der Waals surface area contributed by atoms with Crippen LogP contribution in [0.3, 0.4) is 0 Å². The number of rotatable bonds is 5. The molecule has 27 heavy (non-hydrogen) atoms. The first-order chi connectivity index (χ1) is 13.2. The third kappa shape index (κ3) is 4.19. The van der Waals surface area contributed by atoms with Crippen molar-refractivity contribution < 1.29 is 9.59 Å². The minimum Gasteiger partial charge on any atom is -0.340 e. The second-order valence-corrected chi connectivity index (χ2v) is 8.45. The molecule has 2 unspecified atom stereocenters. The lowest BCUT2D eigenvalue weighted by molar-refractivity contribution is -0.133. The zero-order valence-corrected chi connectivity index (χ0v) is 16.1. The van der Waals surface area contributed by atoms with Gasteiger partial charge in [0.05, 0.1) is 10.9 Å². The molecule has 1 saturated heterocycles. The van der Waals surface area contributed by atoms with Gasteiger partial charge < -0.3 is 10.2 Å². The van der Waals surface area contributed by atoms with Gasteiger partial charge >= 0.3 is 0 Å². The minimum atomic E-state index is -0.345. The molecule has 5 heteroatoms. The Morgan fingerprint density at radius 1 is 1.11 bits per heavy atom. The monoisotopic (exact) mass is 380 g/mol. The molecule has 0 bridgehead atoms. The number of amides is 2. The highest BCUT2D eigenvalue weighted by atomic mass is 32.2. The zero-order valence-electron chi connectivity index (χ0n) is 15.3. The maximum atomic E-state index is 12.9. The molecule has 4 rings (SSSR count). The van der Waals surface area contributed by atoms with Gasteiger partial charge in [0, 0.05) is 23.9 Å². The number of carbonyl (C=O) groups is 2. The third-order valence-corrected chi connectivity index (χ3v) is 6.65. The fourth-order valence-electron chi connectivity index (χ4n) is 3.95. The van der Waals surface area contributed by atoms with E-state index in [0.717, 1.165) is 42.8 Å². The number of fused-ring (bicyclic) bond motifs is 1. The van der Waals surface area contributed by atoms with E-state index in [-0.39, 0.29) is 23.5 Å². The van der Waals surface area contributed by atoms with E-state index in [1.54, 1.807) is 0 Å². The first kappa shape index (κ1) is 18.1. The van der Waals surface area contributed by atoms with Gasteiger partial charge in [-0.3, -0.25) is 9.59 Å². The molecule has 4 nitrogen and oxygen atoms in total. The van der Waals surface area contributed by atoms with Gasteiger partial charge in [-0.05, 0) is 43.4 Å². The zero-order chi connectivity index (χ0) is 18.6. The summed E-state index contributed by atoms with van der Waals surface area (Å²) in [6, 6.07) is 18.5. The molecule has 2 aliphatic rings. The molecule has 2 heterocycles. The Balaban J connectivity index is 1.36. The molecule has 1 fully saturated rings. The normalized spacial score (nSPS) is 21.6. The van der Waals surface area contributed by atoms with E-state index >= 15 is 0 Å². The van der Waals surface area contributed by atoms with Crippen molar-refractivity contribution in [3.63, 3.8) is 0 Å². The molecular formula is C22H24N2O2S. The SMILES string of the molecule is O=C1Nc2ccccc2SC1CC(=O)N1CCCC1CCc1ccccc1. The van der Waals surface area contributed by atoms with Crippen LogP contribution in [0.25, 0.3) is 0 Å². The van der Waals surface area contributed by atoms with Crippen LogP contribution in [0.15, 0.2) is 59.5 Å². The number of anilines is 1. The summed E-state index contributed by atoms with van der Waals surface area (Å²) in [6.07, 6.45) is 4.36. The van der Waals surface area contributed by atoms with E-state index in [4.69, 9.17) is 0 Å². The summed E-state index contributed by atoms with van der Waals surface area (Å²) in [4.78, 5) is 28.4. The molecule has 2 atom stereocenters. The Kier molecular flexibility index (Phi) is 5.48. The molecule has 0 radical (unpaired) electrons. The van der Waals surface area contributed by atoms with Crippen molar-refractivity contribution in [2.75, 3.05) is 11.9 Å². The Bertz CT molecular complexity index is 824. The van der Waals surface area contributed by atoms with Crippen molar-refractivity contribution in [2.24, 2.45) is 0 Å². The molecule has 0 aromatic heterocycles. The maximum Gasteiger partial charge on any atom is 0.238 e. The summed E-state index contributed by atoms with van der Waals surface area (Å²) in [6.45, 7) is 0.813.